The van der Waals surface area contributed by atoms with Gasteiger partial charge in [0.05, 0.1) is 0 Å². The molecule has 94 valence electrons. The van der Waals surface area contributed by atoms with E-state index in [-0.39, 0.29) is 0 Å². The van der Waals surface area contributed by atoms with Gasteiger partial charge in [-0.3, -0.25) is 0 Å². The van der Waals surface area contributed by atoms with Crippen LogP contribution >= 0.6 is 63.7 Å². The van der Waals surface area contributed by atoms with Crippen LogP contribution in [0, 0.1) is 0 Å². The second kappa shape index (κ2) is 6.69. The maximum absolute atomic E-state index is 3.77. The van der Waals surface area contributed by atoms with Crippen molar-refractivity contribution >= 4 is 63.7 Å². The molecule has 2 aromatic rings. The maximum atomic E-state index is 3.77. The number of halogens is 4. The average Bonchev–Trinajstić information content (AvgIpc) is 2.32. The van der Waals surface area contributed by atoms with Gasteiger partial charge >= 0.3 is 0 Å². The molecule has 18 heavy (non-hydrogen) atoms. The Kier molecular flexibility index (Phi) is 5.48. The molecule has 2 aromatic carbocycles. The largest absolute Gasteiger partial charge is 0.0835 e. The minimum absolute atomic E-state index is 0.290. The fourth-order valence-corrected chi connectivity index (χ4v) is 4.14. The van der Waals surface area contributed by atoms with Crippen LogP contribution in [-0.2, 0) is 6.42 Å². The van der Waals surface area contributed by atoms with E-state index in [0.717, 1.165) is 19.8 Å². The van der Waals surface area contributed by atoms with E-state index < -0.39 is 0 Å². The lowest BCUT2D eigenvalue weighted by molar-refractivity contribution is 0.941. The van der Waals surface area contributed by atoms with Crippen molar-refractivity contribution in [2.45, 2.75) is 11.2 Å². The summed E-state index contributed by atoms with van der Waals surface area (Å²) in [4.78, 5) is 0.290. The lowest BCUT2D eigenvalue weighted by atomic mass is 10.0. The molecule has 1 unspecified atom stereocenters. The highest BCUT2D eigenvalue weighted by atomic mass is 79.9. The summed E-state index contributed by atoms with van der Waals surface area (Å²) in [5.74, 6) is 0. The first-order valence-corrected chi connectivity index (χ1v) is 8.69. The normalized spacial score (nSPS) is 12.4. The second-order valence-electron chi connectivity index (χ2n) is 3.97. The zero-order valence-electron chi connectivity index (χ0n) is 9.34. The molecule has 0 aromatic heterocycles. The Balaban J connectivity index is 2.21. The van der Waals surface area contributed by atoms with E-state index in [1.165, 1.54) is 11.1 Å². The Hall–Kier alpha value is 0.360. The summed E-state index contributed by atoms with van der Waals surface area (Å²) in [6, 6.07) is 14.6. The number of alkyl halides is 1. The first-order valence-electron chi connectivity index (χ1n) is 5.40. The van der Waals surface area contributed by atoms with Crippen LogP contribution in [0.4, 0.5) is 0 Å². The average molecular weight is 498 g/mol. The van der Waals surface area contributed by atoms with E-state index in [4.69, 9.17) is 0 Å². The Morgan fingerprint density at radius 2 is 1.61 bits per heavy atom. The lowest BCUT2D eigenvalue weighted by Crippen LogP contribution is -1.96. The van der Waals surface area contributed by atoms with Crippen molar-refractivity contribution < 1.29 is 0 Å². The van der Waals surface area contributed by atoms with Gasteiger partial charge in [0.15, 0.2) is 0 Å². The van der Waals surface area contributed by atoms with Crippen LogP contribution in [0.1, 0.15) is 16.0 Å². The molecule has 0 saturated carbocycles. The predicted molar refractivity (Wildman–Crippen MR) is 91.4 cm³/mol. The first kappa shape index (κ1) is 14.8. The molecule has 0 amide bonds. The summed E-state index contributed by atoms with van der Waals surface area (Å²) >= 11 is 14.4. The zero-order chi connectivity index (χ0) is 13.1. The summed E-state index contributed by atoms with van der Waals surface area (Å²) in [6.45, 7) is 0. The Morgan fingerprint density at radius 1 is 0.889 bits per heavy atom. The molecule has 0 saturated heterocycles. The van der Waals surface area contributed by atoms with Crippen molar-refractivity contribution in [3.63, 3.8) is 0 Å². The van der Waals surface area contributed by atoms with Crippen LogP contribution in [-0.4, -0.2) is 0 Å². The topological polar surface area (TPSA) is 0 Å². The van der Waals surface area contributed by atoms with Crippen molar-refractivity contribution in [1.29, 1.82) is 0 Å². The molecule has 0 nitrogen and oxygen atoms in total. The lowest BCUT2D eigenvalue weighted by Gasteiger charge is -2.13. The van der Waals surface area contributed by atoms with Gasteiger partial charge in [0.2, 0.25) is 0 Å². The number of hydrogen-bond acceptors (Lipinski definition) is 0. The summed E-state index contributed by atoms with van der Waals surface area (Å²) in [5, 5.41) is 0. The number of rotatable bonds is 3. The van der Waals surface area contributed by atoms with Crippen molar-refractivity contribution in [3.8, 4) is 0 Å². The molecule has 0 spiro atoms. The Morgan fingerprint density at radius 3 is 2.33 bits per heavy atom. The van der Waals surface area contributed by atoms with Gasteiger partial charge in [-0.05, 0) is 47.9 Å². The SMILES string of the molecule is Brc1cccc(CC(Br)c2cc(Br)ccc2Br)c1. The van der Waals surface area contributed by atoms with E-state index >= 15 is 0 Å². The van der Waals surface area contributed by atoms with Crippen LogP contribution in [0.15, 0.2) is 55.9 Å². The third-order valence-corrected chi connectivity index (χ3v) is 5.13. The van der Waals surface area contributed by atoms with Crippen molar-refractivity contribution in [3.05, 3.63) is 67.0 Å². The van der Waals surface area contributed by atoms with Crippen LogP contribution in [0.25, 0.3) is 0 Å². The Labute approximate surface area is 141 Å². The summed E-state index contributed by atoms with van der Waals surface area (Å²) in [6.07, 6.45) is 0.953. The smallest absolute Gasteiger partial charge is 0.0447 e. The molecule has 0 bridgehead atoms. The van der Waals surface area contributed by atoms with Gasteiger partial charge in [-0.15, -0.1) is 0 Å². The summed E-state index contributed by atoms with van der Waals surface area (Å²) in [7, 11) is 0. The molecule has 0 aliphatic rings. The number of hydrogen-bond donors (Lipinski definition) is 0. The molecule has 0 fully saturated rings. The van der Waals surface area contributed by atoms with Crippen molar-refractivity contribution in [1.82, 2.24) is 0 Å². The van der Waals surface area contributed by atoms with E-state index in [0.29, 0.717) is 4.83 Å². The molecule has 0 heterocycles. The van der Waals surface area contributed by atoms with Crippen LogP contribution in [0.2, 0.25) is 0 Å². The fourth-order valence-electron chi connectivity index (χ4n) is 1.74. The molecule has 4 heteroatoms. The van der Waals surface area contributed by atoms with Gasteiger partial charge < -0.3 is 0 Å². The minimum Gasteiger partial charge on any atom is -0.0835 e. The van der Waals surface area contributed by atoms with E-state index in [9.17, 15) is 0 Å². The number of benzene rings is 2. The van der Waals surface area contributed by atoms with Crippen LogP contribution < -0.4 is 0 Å². The minimum atomic E-state index is 0.290. The molecular formula is C14H10Br4. The molecule has 0 aliphatic carbocycles. The maximum Gasteiger partial charge on any atom is 0.0447 e. The monoisotopic (exact) mass is 494 g/mol. The molecule has 0 N–H and O–H groups in total. The standard InChI is InChI=1S/C14H10Br4/c15-10-3-1-2-9(6-10)7-14(18)12-8-11(16)4-5-13(12)17/h1-6,8,14H,7H2. The van der Waals surface area contributed by atoms with Crippen LogP contribution in [0.5, 0.6) is 0 Å². The third kappa shape index (κ3) is 3.92. The molecule has 1 atom stereocenters. The van der Waals surface area contributed by atoms with Crippen molar-refractivity contribution in [2.24, 2.45) is 0 Å². The summed E-state index contributed by atoms with van der Waals surface area (Å²) < 4.78 is 3.34. The van der Waals surface area contributed by atoms with Crippen molar-refractivity contribution in [2.75, 3.05) is 0 Å². The van der Waals surface area contributed by atoms with Gasteiger partial charge in [0.1, 0.15) is 0 Å². The van der Waals surface area contributed by atoms with Gasteiger partial charge in [0, 0.05) is 18.2 Å². The summed E-state index contributed by atoms with van der Waals surface area (Å²) in [5.41, 5.74) is 2.56. The highest BCUT2D eigenvalue weighted by Gasteiger charge is 2.12. The molecular weight excluding hydrogens is 488 g/mol. The van der Waals surface area contributed by atoms with E-state index in [1.54, 1.807) is 0 Å². The van der Waals surface area contributed by atoms with Gasteiger partial charge in [-0.25, -0.2) is 0 Å². The highest BCUT2D eigenvalue weighted by Crippen LogP contribution is 2.34. The van der Waals surface area contributed by atoms with Crippen LogP contribution in [0.3, 0.4) is 0 Å². The highest BCUT2D eigenvalue weighted by molar-refractivity contribution is 9.11. The van der Waals surface area contributed by atoms with Gasteiger partial charge in [0.25, 0.3) is 0 Å². The predicted octanol–water partition coefficient (Wildman–Crippen LogP) is 6.65. The van der Waals surface area contributed by atoms with E-state index in [2.05, 4.69) is 94.1 Å². The third-order valence-electron chi connectivity index (χ3n) is 2.60. The molecule has 2 rings (SSSR count). The second-order valence-corrected chi connectivity index (χ2v) is 7.76. The zero-order valence-corrected chi connectivity index (χ0v) is 15.7. The van der Waals surface area contributed by atoms with Gasteiger partial charge in [-0.1, -0.05) is 75.9 Å². The fraction of sp³-hybridized carbons (Fsp3) is 0.143. The van der Waals surface area contributed by atoms with E-state index in [1.807, 2.05) is 12.1 Å². The van der Waals surface area contributed by atoms with Gasteiger partial charge in [-0.2, -0.15) is 0 Å². The quantitative estimate of drug-likeness (QED) is 0.416. The Bertz CT molecular complexity index is 551. The first-order chi connectivity index (χ1) is 8.56. The molecule has 0 radical (unpaired) electrons. The molecule has 0 aliphatic heterocycles.